The lowest BCUT2D eigenvalue weighted by atomic mass is 9.92. The Kier molecular flexibility index (Phi) is 3.90. The molecule has 0 aromatic heterocycles. The molecule has 16 heavy (non-hydrogen) atoms. The lowest BCUT2D eigenvalue weighted by Gasteiger charge is -2.22. The monoisotopic (exact) mass is 224 g/mol. The lowest BCUT2D eigenvalue weighted by Crippen LogP contribution is -2.25. The highest BCUT2D eigenvalue weighted by atomic mass is 16.5. The second kappa shape index (κ2) is 4.99. The number of carbonyl (C=O) groups excluding carboxylic acids is 1. The predicted octanol–water partition coefficient (Wildman–Crippen LogP) is 1.47. The van der Waals surface area contributed by atoms with Crippen molar-refractivity contribution < 1.29 is 19.4 Å². The third kappa shape index (κ3) is 2.97. The molecule has 0 heterocycles. The number of esters is 1. The summed E-state index contributed by atoms with van der Waals surface area (Å²) in [5.74, 6) is 0.262. The quantitative estimate of drug-likeness (QED) is 0.787. The van der Waals surface area contributed by atoms with Crippen LogP contribution in [0.4, 0.5) is 0 Å². The maximum absolute atomic E-state index is 11.1. The molecule has 0 saturated heterocycles. The van der Waals surface area contributed by atoms with Crippen molar-refractivity contribution in [2.24, 2.45) is 0 Å². The van der Waals surface area contributed by atoms with Gasteiger partial charge in [-0.1, -0.05) is 12.1 Å². The van der Waals surface area contributed by atoms with E-state index in [9.17, 15) is 9.90 Å². The molecule has 0 aliphatic carbocycles. The highest BCUT2D eigenvalue weighted by Crippen LogP contribution is 2.26. The van der Waals surface area contributed by atoms with Gasteiger partial charge in [0.2, 0.25) is 0 Å². The molecular weight excluding hydrogens is 208 g/mol. The van der Waals surface area contributed by atoms with Crippen molar-refractivity contribution in [3.05, 3.63) is 29.8 Å². The van der Waals surface area contributed by atoms with Gasteiger partial charge in [0.15, 0.2) is 0 Å². The Morgan fingerprint density at radius 3 is 2.31 bits per heavy atom. The molecule has 0 spiro atoms. The fourth-order valence-electron chi connectivity index (χ4n) is 1.41. The van der Waals surface area contributed by atoms with Crippen LogP contribution in [0, 0.1) is 0 Å². The van der Waals surface area contributed by atoms with Gasteiger partial charge in [-0.3, -0.25) is 4.79 Å². The van der Waals surface area contributed by atoms with Crippen LogP contribution in [0.2, 0.25) is 0 Å². The zero-order valence-electron chi connectivity index (χ0n) is 9.69. The molecule has 1 aromatic carbocycles. The molecule has 88 valence electrons. The lowest BCUT2D eigenvalue weighted by molar-refractivity contribution is -0.145. The fraction of sp³-hybridized carbons (Fsp3) is 0.417. The van der Waals surface area contributed by atoms with Gasteiger partial charge in [-0.05, 0) is 24.6 Å². The average molecular weight is 224 g/mol. The normalized spacial score (nSPS) is 14.0. The summed E-state index contributed by atoms with van der Waals surface area (Å²) in [6.45, 7) is 1.58. The van der Waals surface area contributed by atoms with Crippen LogP contribution in [0.1, 0.15) is 18.9 Å². The molecule has 1 atom stereocenters. The molecular formula is C12H16O4. The Labute approximate surface area is 94.8 Å². The van der Waals surface area contributed by atoms with Crippen LogP contribution in [0.3, 0.4) is 0 Å². The van der Waals surface area contributed by atoms with E-state index in [1.165, 1.54) is 7.11 Å². The molecule has 0 aliphatic heterocycles. The number of aliphatic hydroxyl groups is 1. The highest BCUT2D eigenvalue weighted by molar-refractivity contribution is 5.70. The first-order chi connectivity index (χ1) is 7.49. The number of rotatable bonds is 4. The molecule has 4 heteroatoms. The zero-order valence-corrected chi connectivity index (χ0v) is 9.69. The average Bonchev–Trinajstić information content (AvgIpc) is 2.28. The molecule has 1 aromatic rings. The van der Waals surface area contributed by atoms with Crippen LogP contribution in [-0.4, -0.2) is 25.3 Å². The Bertz CT molecular complexity index is 354. The number of methoxy groups -OCH3 is 2. The van der Waals surface area contributed by atoms with E-state index in [-0.39, 0.29) is 6.42 Å². The number of carbonyl (C=O) groups is 1. The summed E-state index contributed by atoms with van der Waals surface area (Å²) in [4.78, 5) is 11.1. The van der Waals surface area contributed by atoms with Crippen LogP contribution >= 0.6 is 0 Å². The molecule has 1 rings (SSSR count). The van der Waals surface area contributed by atoms with Gasteiger partial charge >= 0.3 is 5.97 Å². The molecule has 0 aliphatic rings. The van der Waals surface area contributed by atoms with Crippen LogP contribution < -0.4 is 4.74 Å². The van der Waals surface area contributed by atoms with Crippen molar-refractivity contribution in [3.8, 4) is 5.75 Å². The molecule has 0 radical (unpaired) electrons. The van der Waals surface area contributed by atoms with Gasteiger partial charge in [0.05, 0.1) is 26.2 Å². The molecule has 0 fully saturated rings. The van der Waals surface area contributed by atoms with Gasteiger partial charge in [-0.25, -0.2) is 0 Å². The Hall–Kier alpha value is -1.55. The maximum Gasteiger partial charge on any atom is 0.308 e. The summed E-state index contributed by atoms with van der Waals surface area (Å²) in [7, 11) is 2.87. The highest BCUT2D eigenvalue weighted by Gasteiger charge is 2.27. The Morgan fingerprint density at radius 2 is 1.88 bits per heavy atom. The van der Waals surface area contributed by atoms with Crippen LogP contribution in [0.5, 0.6) is 5.75 Å². The van der Waals surface area contributed by atoms with E-state index in [4.69, 9.17) is 4.74 Å². The molecule has 1 N–H and O–H groups in total. The van der Waals surface area contributed by atoms with Crippen molar-refractivity contribution in [1.82, 2.24) is 0 Å². The first-order valence-electron chi connectivity index (χ1n) is 4.93. The van der Waals surface area contributed by atoms with Gasteiger partial charge in [-0.2, -0.15) is 0 Å². The number of benzene rings is 1. The third-order valence-electron chi connectivity index (χ3n) is 2.43. The summed E-state index contributed by atoms with van der Waals surface area (Å²) in [5.41, 5.74) is -0.571. The second-order valence-corrected chi connectivity index (χ2v) is 3.76. The number of hydrogen-bond donors (Lipinski definition) is 1. The van der Waals surface area contributed by atoms with Gasteiger partial charge < -0.3 is 14.6 Å². The smallest absolute Gasteiger partial charge is 0.308 e. The maximum atomic E-state index is 11.1. The Morgan fingerprint density at radius 1 is 1.31 bits per heavy atom. The van der Waals surface area contributed by atoms with E-state index in [1.807, 2.05) is 0 Å². The van der Waals surface area contributed by atoms with E-state index in [1.54, 1.807) is 38.3 Å². The Balaban J connectivity index is 2.84. The van der Waals surface area contributed by atoms with E-state index in [0.717, 1.165) is 0 Å². The van der Waals surface area contributed by atoms with Gasteiger partial charge in [-0.15, -0.1) is 0 Å². The van der Waals surface area contributed by atoms with E-state index < -0.39 is 11.6 Å². The van der Waals surface area contributed by atoms with E-state index in [0.29, 0.717) is 11.3 Å². The minimum Gasteiger partial charge on any atom is -0.497 e. The SMILES string of the molecule is COC(=O)CC(C)(O)c1ccc(OC)cc1. The summed E-state index contributed by atoms with van der Waals surface area (Å²) in [6, 6.07) is 6.92. The molecule has 4 nitrogen and oxygen atoms in total. The predicted molar refractivity (Wildman–Crippen MR) is 59.2 cm³/mol. The topological polar surface area (TPSA) is 55.8 Å². The van der Waals surface area contributed by atoms with Crippen LogP contribution in [0.15, 0.2) is 24.3 Å². The van der Waals surface area contributed by atoms with Gasteiger partial charge in [0, 0.05) is 0 Å². The third-order valence-corrected chi connectivity index (χ3v) is 2.43. The van der Waals surface area contributed by atoms with Crippen molar-refractivity contribution in [1.29, 1.82) is 0 Å². The number of ether oxygens (including phenoxy) is 2. The summed E-state index contributed by atoms with van der Waals surface area (Å²) in [5, 5.41) is 10.1. The van der Waals surface area contributed by atoms with Crippen molar-refractivity contribution >= 4 is 5.97 Å². The molecule has 1 unspecified atom stereocenters. The van der Waals surface area contributed by atoms with E-state index >= 15 is 0 Å². The van der Waals surface area contributed by atoms with Crippen molar-refractivity contribution in [2.45, 2.75) is 18.9 Å². The largest absolute Gasteiger partial charge is 0.497 e. The first kappa shape index (κ1) is 12.5. The van der Waals surface area contributed by atoms with Gasteiger partial charge in [0.1, 0.15) is 5.75 Å². The molecule has 0 saturated carbocycles. The summed E-state index contributed by atoms with van der Waals surface area (Å²) >= 11 is 0. The van der Waals surface area contributed by atoms with Crippen LogP contribution in [0.25, 0.3) is 0 Å². The standard InChI is InChI=1S/C12H16O4/c1-12(14,8-11(13)16-3)9-4-6-10(15-2)7-5-9/h4-7,14H,8H2,1-3H3. The minimum atomic E-state index is -1.22. The molecule has 0 amide bonds. The first-order valence-corrected chi connectivity index (χ1v) is 4.93. The van der Waals surface area contributed by atoms with Crippen molar-refractivity contribution in [2.75, 3.05) is 14.2 Å². The second-order valence-electron chi connectivity index (χ2n) is 3.76. The van der Waals surface area contributed by atoms with Crippen LogP contribution in [-0.2, 0) is 15.1 Å². The zero-order chi connectivity index (χ0) is 12.2. The van der Waals surface area contributed by atoms with E-state index in [2.05, 4.69) is 4.74 Å². The van der Waals surface area contributed by atoms with Gasteiger partial charge in [0.25, 0.3) is 0 Å². The van der Waals surface area contributed by atoms with Crippen molar-refractivity contribution in [3.63, 3.8) is 0 Å². The minimum absolute atomic E-state index is 0.0736. The summed E-state index contributed by atoms with van der Waals surface area (Å²) < 4.78 is 9.54. The number of hydrogen-bond acceptors (Lipinski definition) is 4. The fourth-order valence-corrected chi connectivity index (χ4v) is 1.41. The molecule has 0 bridgehead atoms. The summed E-state index contributed by atoms with van der Waals surface area (Å²) in [6.07, 6.45) is -0.0736.